The summed E-state index contributed by atoms with van der Waals surface area (Å²) in [5.41, 5.74) is 2.45. The quantitative estimate of drug-likeness (QED) is 0.439. The predicted molar refractivity (Wildman–Crippen MR) is 112 cm³/mol. The number of rotatable bonds is 8. The number of anilines is 1. The van der Waals surface area contributed by atoms with Crippen molar-refractivity contribution in [1.29, 1.82) is 0 Å². The standard InChI is InChI=1S/C22H20Cl2FNO2/c1-2-27-20-8-6-19(7-9-20)26-13-16-11-17(23)12-21(24)22(16)28-14-15-4-3-5-18(25)10-15/h3-12,26H,2,13-14H2,1H3. The molecular weight excluding hydrogens is 400 g/mol. The topological polar surface area (TPSA) is 30.5 Å². The third-order valence-electron chi connectivity index (χ3n) is 4.01. The SMILES string of the molecule is CCOc1ccc(NCc2cc(Cl)cc(Cl)c2OCc2cccc(F)c2)cc1. The zero-order valence-corrected chi connectivity index (χ0v) is 16.9. The molecule has 146 valence electrons. The first-order valence-corrected chi connectivity index (χ1v) is 9.62. The molecule has 0 aliphatic carbocycles. The fourth-order valence-electron chi connectivity index (χ4n) is 2.72. The van der Waals surface area contributed by atoms with E-state index >= 15 is 0 Å². The Balaban J connectivity index is 1.72. The molecule has 0 saturated heterocycles. The highest BCUT2D eigenvalue weighted by Gasteiger charge is 2.12. The van der Waals surface area contributed by atoms with Gasteiger partial charge in [0.15, 0.2) is 0 Å². The Morgan fingerprint density at radius 1 is 0.964 bits per heavy atom. The lowest BCUT2D eigenvalue weighted by molar-refractivity contribution is 0.303. The van der Waals surface area contributed by atoms with E-state index in [9.17, 15) is 4.39 Å². The molecule has 0 aromatic heterocycles. The van der Waals surface area contributed by atoms with Crippen LogP contribution in [0.1, 0.15) is 18.1 Å². The maximum atomic E-state index is 13.4. The summed E-state index contributed by atoms with van der Waals surface area (Å²) in [6.45, 7) is 3.24. The van der Waals surface area contributed by atoms with Crippen molar-refractivity contribution in [2.75, 3.05) is 11.9 Å². The van der Waals surface area contributed by atoms with Crippen molar-refractivity contribution in [3.05, 3.63) is 87.7 Å². The Hall–Kier alpha value is -2.43. The van der Waals surface area contributed by atoms with Crippen LogP contribution in [0.3, 0.4) is 0 Å². The summed E-state index contributed by atoms with van der Waals surface area (Å²) < 4.78 is 24.7. The molecule has 0 spiro atoms. The number of nitrogens with one attached hydrogen (secondary N) is 1. The summed E-state index contributed by atoms with van der Waals surface area (Å²) in [7, 11) is 0. The van der Waals surface area contributed by atoms with Crippen LogP contribution in [0.15, 0.2) is 60.7 Å². The minimum Gasteiger partial charge on any atom is -0.494 e. The molecule has 1 N–H and O–H groups in total. The number of benzene rings is 3. The molecule has 28 heavy (non-hydrogen) atoms. The van der Waals surface area contributed by atoms with Crippen molar-refractivity contribution in [1.82, 2.24) is 0 Å². The molecule has 0 heterocycles. The summed E-state index contributed by atoms with van der Waals surface area (Å²) in [5, 5.41) is 4.25. The summed E-state index contributed by atoms with van der Waals surface area (Å²) in [6, 6.07) is 17.4. The largest absolute Gasteiger partial charge is 0.494 e. The molecule has 0 unspecified atom stereocenters. The molecular formula is C22H20Cl2FNO2. The maximum Gasteiger partial charge on any atom is 0.143 e. The van der Waals surface area contributed by atoms with Gasteiger partial charge < -0.3 is 14.8 Å². The van der Waals surface area contributed by atoms with Crippen molar-refractivity contribution in [3.8, 4) is 11.5 Å². The summed E-state index contributed by atoms with van der Waals surface area (Å²) in [6.07, 6.45) is 0. The average Bonchev–Trinajstić information content (AvgIpc) is 2.67. The molecule has 3 aromatic carbocycles. The van der Waals surface area contributed by atoms with Crippen LogP contribution in [-0.2, 0) is 13.2 Å². The predicted octanol–water partition coefficient (Wildman–Crippen LogP) is 6.72. The molecule has 0 atom stereocenters. The van der Waals surface area contributed by atoms with E-state index < -0.39 is 0 Å². The van der Waals surface area contributed by atoms with Crippen molar-refractivity contribution in [2.45, 2.75) is 20.1 Å². The van der Waals surface area contributed by atoms with Crippen LogP contribution in [0.4, 0.5) is 10.1 Å². The van der Waals surface area contributed by atoms with Crippen LogP contribution >= 0.6 is 23.2 Å². The lowest BCUT2D eigenvalue weighted by Crippen LogP contribution is -2.05. The molecule has 0 saturated carbocycles. The van der Waals surface area contributed by atoms with E-state index in [2.05, 4.69) is 5.32 Å². The second-order valence-corrected chi connectivity index (χ2v) is 6.95. The van der Waals surface area contributed by atoms with Gasteiger partial charge in [-0.05, 0) is 61.0 Å². The Bertz CT molecular complexity index is 932. The van der Waals surface area contributed by atoms with Crippen LogP contribution in [0.25, 0.3) is 0 Å². The summed E-state index contributed by atoms with van der Waals surface area (Å²) >= 11 is 12.5. The van der Waals surface area contributed by atoms with Gasteiger partial charge in [0, 0.05) is 22.8 Å². The van der Waals surface area contributed by atoms with Crippen LogP contribution < -0.4 is 14.8 Å². The third-order valence-corrected chi connectivity index (χ3v) is 4.50. The zero-order chi connectivity index (χ0) is 19.9. The van der Waals surface area contributed by atoms with Crippen molar-refractivity contribution in [3.63, 3.8) is 0 Å². The first-order chi connectivity index (χ1) is 13.5. The Morgan fingerprint density at radius 3 is 2.46 bits per heavy atom. The molecule has 0 radical (unpaired) electrons. The average molecular weight is 420 g/mol. The van der Waals surface area contributed by atoms with Gasteiger partial charge in [-0.2, -0.15) is 0 Å². The molecule has 0 aliphatic heterocycles. The Labute approximate surface area is 174 Å². The van der Waals surface area contributed by atoms with Crippen LogP contribution in [-0.4, -0.2) is 6.61 Å². The van der Waals surface area contributed by atoms with Crippen LogP contribution in [0.2, 0.25) is 10.0 Å². The molecule has 0 aliphatic rings. The zero-order valence-electron chi connectivity index (χ0n) is 15.3. The lowest BCUT2D eigenvalue weighted by atomic mass is 10.2. The van der Waals surface area contributed by atoms with E-state index in [-0.39, 0.29) is 12.4 Å². The third kappa shape index (κ3) is 5.54. The van der Waals surface area contributed by atoms with Gasteiger partial charge in [-0.3, -0.25) is 0 Å². The first kappa shape index (κ1) is 20.3. The summed E-state index contributed by atoms with van der Waals surface area (Å²) in [4.78, 5) is 0. The van der Waals surface area contributed by atoms with Crippen molar-refractivity contribution in [2.24, 2.45) is 0 Å². The van der Waals surface area contributed by atoms with E-state index in [4.69, 9.17) is 32.7 Å². The second kappa shape index (κ2) is 9.67. The van der Waals surface area contributed by atoms with E-state index in [0.717, 1.165) is 22.6 Å². The molecule has 0 fully saturated rings. The Kier molecular flexibility index (Phi) is 7.01. The van der Waals surface area contributed by atoms with E-state index in [1.165, 1.54) is 12.1 Å². The molecule has 0 amide bonds. The fourth-order valence-corrected chi connectivity index (χ4v) is 3.31. The van der Waals surface area contributed by atoms with Crippen LogP contribution in [0, 0.1) is 5.82 Å². The second-order valence-electron chi connectivity index (χ2n) is 6.11. The maximum absolute atomic E-state index is 13.4. The van der Waals surface area contributed by atoms with Gasteiger partial charge in [-0.15, -0.1) is 0 Å². The highest BCUT2D eigenvalue weighted by atomic mass is 35.5. The number of hydrogen-bond acceptors (Lipinski definition) is 3. The monoisotopic (exact) mass is 419 g/mol. The molecule has 3 rings (SSSR count). The number of hydrogen-bond donors (Lipinski definition) is 1. The number of halogens is 3. The minimum atomic E-state index is -0.305. The van der Waals surface area contributed by atoms with Gasteiger partial charge in [0.1, 0.15) is 23.9 Å². The van der Waals surface area contributed by atoms with Gasteiger partial charge in [0.25, 0.3) is 0 Å². The molecule has 0 bridgehead atoms. The number of ether oxygens (including phenoxy) is 2. The van der Waals surface area contributed by atoms with E-state index in [1.807, 2.05) is 31.2 Å². The van der Waals surface area contributed by atoms with Crippen LogP contribution in [0.5, 0.6) is 11.5 Å². The van der Waals surface area contributed by atoms with E-state index in [1.54, 1.807) is 24.3 Å². The highest BCUT2D eigenvalue weighted by molar-refractivity contribution is 6.35. The fraction of sp³-hybridized carbons (Fsp3) is 0.182. The Morgan fingerprint density at radius 2 is 1.75 bits per heavy atom. The molecule has 3 aromatic rings. The van der Waals surface area contributed by atoms with Gasteiger partial charge >= 0.3 is 0 Å². The van der Waals surface area contributed by atoms with Crippen molar-refractivity contribution >= 4 is 28.9 Å². The minimum absolute atomic E-state index is 0.204. The first-order valence-electron chi connectivity index (χ1n) is 8.87. The lowest BCUT2D eigenvalue weighted by Gasteiger charge is -2.15. The van der Waals surface area contributed by atoms with E-state index in [0.29, 0.717) is 28.9 Å². The smallest absolute Gasteiger partial charge is 0.143 e. The van der Waals surface area contributed by atoms with Gasteiger partial charge in [-0.1, -0.05) is 35.3 Å². The van der Waals surface area contributed by atoms with Gasteiger partial charge in [0.05, 0.1) is 11.6 Å². The molecule has 6 heteroatoms. The summed E-state index contributed by atoms with van der Waals surface area (Å²) in [5.74, 6) is 1.03. The van der Waals surface area contributed by atoms with Gasteiger partial charge in [0.2, 0.25) is 0 Å². The normalized spacial score (nSPS) is 10.6. The highest BCUT2D eigenvalue weighted by Crippen LogP contribution is 2.33. The van der Waals surface area contributed by atoms with Crippen molar-refractivity contribution < 1.29 is 13.9 Å². The van der Waals surface area contributed by atoms with Gasteiger partial charge in [-0.25, -0.2) is 4.39 Å². The molecule has 3 nitrogen and oxygen atoms in total.